The number of nitrogens with one attached hydrogen (secondary N) is 1. The number of nitrogens with zero attached hydrogens (tertiary/aromatic N) is 1. The van der Waals surface area contributed by atoms with Crippen molar-refractivity contribution in [2.75, 3.05) is 6.54 Å². The van der Waals surface area contributed by atoms with Gasteiger partial charge in [0.15, 0.2) is 14.1 Å². The van der Waals surface area contributed by atoms with E-state index in [4.69, 9.17) is 9.16 Å². The molecule has 1 N–H and O–H groups in total. The van der Waals surface area contributed by atoms with Gasteiger partial charge in [0.1, 0.15) is 11.6 Å². The Labute approximate surface area is 189 Å². The van der Waals surface area contributed by atoms with E-state index in [1.165, 1.54) is 6.92 Å². The lowest BCUT2D eigenvalue weighted by molar-refractivity contribution is -0.141. The van der Waals surface area contributed by atoms with Gasteiger partial charge < -0.3 is 19.4 Å². The van der Waals surface area contributed by atoms with Crippen LogP contribution in [0.3, 0.4) is 0 Å². The van der Waals surface area contributed by atoms with Gasteiger partial charge in [-0.05, 0) is 51.2 Å². The Morgan fingerprint density at radius 1 is 1.00 bits per heavy atom. The third-order valence-corrected chi connectivity index (χ3v) is 10.6. The number of ketones is 1. The van der Waals surface area contributed by atoms with Crippen LogP contribution in [0.5, 0.6) is 0 Å². The number of hydrogen-bond acceptors (Lipinski definition) is 5. The molecule has 3 atom stereocenters. The molecule has 1 aliphatic heterocycles. The molecule has 180 valence electrons. The Morgan fingerprint density at radius 2 is 1.52 bits per heavy atom. The van der Waals surface area contributed by atoms with Crippen LogP contribution in [-0.4, -0.2) is 61.3 Å². The van der Waals surface area contributed by atoms with Crippen molar-refractivity contribution in [1.82, 2.24) is 10.2 Å². The van der Waals surface area contributed by atoms with Crippen LogP contribution in [-0.2, 0) is 18.8 Å². The molecule has 1 heterocycles. The van der Waals surface area contributed by atoms with Gasteiger partial charge in [-0.25, -0.2) is 4.79 Å². The van der Waals surface area contributed by atoms with Gasteiger partial charge in [-0.15, -0.1) is 0 Å². The zero-order chi connectivity index (χ0) is 24.6. The van der Waals surface area contributed by atoms with Crippen LogP contribution >= 0.6 is 0 Å². The number of rotatable bonds is 5. The summed E-state index contributed by atoms with van der Waals surface area (Å²) in [4.78, 5) is 40.0. The minimum atomic E-state index is -2.05. The fourth-order valence-electron chi connectivity index (χ4n) is 3.35. The highest BCUT2D eigenvalue weighted by molar-refractivity contribution is 6.74. The minimum Gasteiger partial charge on any atom is -0.444 e. The van der Waals surface area contributed by atoms with Gasteiger partial charge in [0.05, 0.1) is 12.1 Å². The Morgan fingerprint density at radius 3 is 1.90 bits per heavy atom. The normalized spacial score (nSPS) is 21.6. The highest BCUT2D eigenvalue weighted by Crippen LogP contribution is 2.39. The lowest BCUT2D eigenvalue weighted by Gasteiger charge is -2.38. The molecule has 7 nitrogen and oxygen atoms in total. The Hall–Kier alpha value is -1.41. The molecular formula is C23H44N2O5Si. The van der Waals surface area contributed by atoms with E-state index >= 15 is 0 Å². The molecule has 1 aliphatic rings. The summed E-state index contributed by atoms with van der Waals surface area (Å²) < 4.78 is 11.9. The summed E-state index contributed by atoms with van der Waals surface area (Å²) in [5.74, 6) is -0.348. The molecule has 0 spiro atoms. The van der Waals surface area contributed by atoms with E-state index in [1.54, 1.807) is 25.7 Å². The largest absolute Gasteiger partial charge is 0.444 e. The Bertz CT molecular complexity index is 686. The molecule has 8 heteroatoms. The van der Waals surface area contributed by atoms with E-state index in [2.05, 4.69) is 39.2 Å². The van der Waals surface area contributed by atoms with E-state index in [9.17, 15) is 14.4 Å². The molecule has 0 aromatic rings. The Kier molecular flexibility index (Phi) is 8.21. The molecule has 0 aromatic heterocycles. The van der Waals surface area contributed by atoms with Crippen molar-refractivity contribution < 1.29 is 23.5 Å². The van der Waals surface area contributed by atoms with Crippen molar-refractivity contribution >= 4 is 26.1 Å². The van der Waals surface area contributed by atoms with Crippen LogP contribution < -0.4 is 5.32 Å². The van der Waals surface area contributed by atoms with Gasteiger partial charge in [0, 0.05) is 13.0 Å². The zero-order valence-electron chi connectivity index (χ0n) is 21.6. The van der Waals surface area contributed by atoms with E-state index in [1.807, 2.05) is 20.8 Å². The number of hydrogen-bond donors (Lipinski definition) is 1. The molecule has 2 amide bonds. The van der Waals surface area contributed by atoms with Crippen LogP contribution in [0.2, 0.25) is 18.1 Å². The first-order chi connectivity index (χ1) is 13.7. The van der Waals surface area contributed by atoms with Gasteiger partial charge >= 0.3 is 6.09 Å². The van der Waals surface area contributed by atoms with Crippen LogP contribution in [0.25, 0.3) is 0 Å². The maximum absolute atomic E-state index is 13.6. The quantitative estimate of drug-likeness (QED) is 0.616. The summed E-state index contributed by atoms with van der Waals surface area (Å²) in [6.45, 7) is 23.7. The predicted octanol–water partition coefficient (Wildman–Crippen LogP) is 4.51. The smallest absolute Gasteiger partial charge is 0.408 e. The number of Topliss-reactive ketones (excluding diaryl/α,β-unsaturated/α-hetero) is 1. The van der Waals surface area contributed by atoms with Crippen molar-refractivity contribution in [3.8, 4) is 0 Å². The fraction of sp³-hybridized carbons (Fsp3) is 0.870. The fourth-order valence-corrected chi connectivity index (χ4v) is 4.70. The second-order valence-electron chi connectivity index (χ2n) is 12.3. The topological polar surface area (TPSA) is 84.9 Å². The van der Waals surface area contributed by atoms with Crippen molar-refractivity contribution in [3.05, 3.63) is 0 Å². The first-order valence-electron chi connectivity index (χ1n) is 11.1. The number of amides is 2. The van der Waals surface area contributed by atoms with Gasteiger partial charge in [-0.3, -0.25) is 9.59 Å². The summed E-state index contributed by atoms with van der Waals surface area (Å²) in [6.07, 6.45) is -0.356. The summed E-state index contributed by atoms with van der Waals surface area (Å²) in [7, 11) is -2.05. The first kappa shape index (κ1) is 27.6. The number of carbonyl (C=O) groups excluding carboxylic acids is 3. The highest BCUT2D eigenvalue weighted by Gasteiger charge is 2.47. The standard InChI is InChI=1S/C23H44N2O5Si/c1-15(26)17-13-16(30-31(11,12)23(8,9)10)14-25(17)19(27)18(21(2,3)4)24-20(28)29-22(5,6)7/h16-18H,13-14H2,1-12H3,(H,24,28)/t16-,17+,18-/m1/s1. The average molecular weight is 457 g/mol. The Balaban J connectivity index is 3.11. The third-order valence-electron chi connectivity index (χ3n) is 6.06. The number of carbonyl (C=O) groups is 3. The molecule has 1 fully saturated rings. The van der Waals surface area contributed by atoms with Gasteiger partial charge in [0.25, 0.3) is 0 Å². The summed E-state index contributed by atoms with van der Waals surface area (Å²) >= 11 is 0. The average Bonchev–Trinajstić information content (AvgIpc) is 2.91. The number of alkyl carbamates (subject to hydrolysis) is 1. The molecule has 31 heavy (non-hydrogen) atoms. The van der Waals surface area contributed by atoms with Crippen molar-refractivity contribution in [2.24, 2.45) is 5.41 Å². The van der Waals surface area contributed by atoms with Crippen LogP contribution in [0.4, 0.5) is 4.79 Å². The van der Waals surface area contributed by atoms with E-state index in [0.717, 1.165) is 0 Å². The van der Waals surface area contributed by atoms with Crippen molar-refractivity contribution in [3.63, 3.8) is 0 Å². The maximum atomic E-state index is 13.6. The first-order valence-corrected chi connectivity index (χ1v) is 14.0. The van der Waals surface area contributed by atoms with Crippen LogP contribution in [0.1, 0.15) is 75.7 Å². The molecule has 0 aromatic carbocycles. The van der Waals surface area contributed by atoms with E-state index < -0.39 is 37.5 Å². The molecule has 0 saturated carbocycles. The SMILES string of the molecule is CC(=O)[C@@H]1C[C@@H](O[Si](C)(C)C(C)(C)C)CN1C(=O)[C@@H](NC(=O)OC(C)(C)C)C(C)(C)C. The van der Waals surface area contributed by atoms with E-state index in [0.29, 0.717) is 13.0 Å². The maximum Gasteiger partial charge on any atom is 0.408 e. The molecule has 0 bridgehead atoms. The van der Waals surface area contributed by atoms with Crippen molar-refractivity contribution in [1.29, 1.82) is 0 Å². The monoisotopic (exact) mass is 456 g/mol. The minimum absolute atomic E-state index is 0.0301. The van der Waals surface area contributed by atoms with Crippen LogP contribution in [0, 0.1) is 5.41 Å². The predicted molar refractivity (Wildman–Crippen MR) is 125 cm³/mol. The summed E-state index contributed by atoms with van der Waals surface area (Å²) in [6, 6.07) is -1.37. The molecular weight excluding hydrogens is 412 g/mol. The second kappa shape index (κ2) is 9.22. The summed E-state index contributed by atoms with van der Waals surface area (Å²) in [5.41, 5.74) is -1.24. The van der Waals surface area contributed by atoms with Crippen molar-refractivity contribution in [2.45, 2.75) is 118 Å². The number of ether oxygens (including phenoxy) is 1. The molecule has 0 radical (unpaired) electrons. The molecule has 1 rings (SSSR count). The lowest BCUT2D eigenvalue weighted by atomic mass is 9.85. The van der Waals surface area contributed by atoms with Gasteiger partial charge in [0.2, 0.25) is 5.91 Å². The highest BCUT2D eigenvalue weighted by atomic mass is 28.4. The van der Waals surface area contributed by atoms with Gasteiger partial charge in [-0.2, -0.15) is 0 Å². The van der Waals surface area contributed by atoms with Crippen LogP contribution in [0.15, 0.2) is 0 Å². The second-order valence-corrected chi connectivity index (χ2v) is 17.1. The molecule has 0 unspecified atom stereocenters. The molecule has 1 saturated heterocycles. The zero-order valence-corrected chi connectivity index (χ0v) is 22.6. The number of likely N-dealkylation sites (tertiary alicyclic amines) is 1. The molecule has 0 aliphatic carbocycles. The summed E-state index contributed by atoms with van der Waals surface area (Å²) in [5, 5.41) is 2.77. The lowest BCUT2D eigenvalue weighted by Crippen LogP contribution is -2.57. The van der Waals surface area contributed by atoms with Gasteiger partial charge in [-0.1, -0.05) is 41.5 Å². The van der Waals surface area contributed by atoms with E-state index in [-0.39, 0.29) is 22.8 Å². The third kappa shape index (κ3) is 7.59.